The number of ether oxygens (including phenoxy) is 1. The van der Waals surface area contributed by atoms with E-state index in [1.807, 2.05) is 13.8 Å². The summed E-state index contributed by atoms with van der Waals surface area (Å²) in [7, 11) is 0. The van der Waals surface area contributed by atoms with E-state index in [0.717, 1.165) is 0 Å². The molecule has 1 N–H and O–H groups in total. The van der Waals surface area contributed by atoms with Crippen molar-refractivity contribution in [2.75, 3.05) is 26.3 Å². The third-order valence-electron chi connectivity index (χ3n) is 4.52. The molecule has 110 valence electrons. The lowest BCUT2D eigenvalue weighted by molar-refractivity contribution is -0.233. The van der Waals surface area contributed by atoms with E-state index >= 15 is 0 Å². The van der Waals surface area contributed by atoms with Crippen LogP contribution in [0.4, 0.5) is 8.78 Å². The first-order valence-electron chi connectivity index (χ1n) is 6.60. The van der Waals surface area contributed by atoms with E-state index in [1.54, 1.807) is 0 Å². The Morgan fingerprint density at radius 3 is 2.58 bits per heavy atom. The van der Waals surface area contributed by atoms with Crippen molar-refractivity contribution in [3.05, 3.63) is 0 Å². The van der Waals surface area contributed by atoms with Gasteiger partial charge in [-0.25, -0.2) is 8.78 Å². The number of halogens is 2. The Morgan fingerprint density at radius 2 is 2.11 bits per heavy atom. The number of carbonyl (C=O) groups is 1. The second kappa shape index (κ2) is 4.46. The molecule has 6 heteroatoms. The zero-order valence-corrected chi connectivity index (χ0v) is 11.6. The SMILES string of the molecule is CC(C)OC[C@@]1(CO)C(=O)[C@@]2(C)CCN1CC2(F)F. The highest BCUT2D eigenvalue weighted by Gasteiger charge is 2.70. The van der Waals surface area contributed by atoms with Crippen LogP contribution in [0.3, 0.4) is 0 Å². The molecular formula is C13H21F2NO3. The molecule has 3 saturated heterocycles. The molecule has 2 bridgehead atoms. The van der Waals surface area contributed by atoms with Crippen molar-refractivity contribution in [1.82, 2.24) is 4.90 Å². The fraction of sp³-hybridized carbons (Fsp3) is 0.923. The highest BCUT2D eigenvalue weighted by molar-refractivity contribution is 5.96. The van der Waals surface area contributed by atoms with Crippen molar-refractivity contribution in [2.24, 2.45) is 5.41 Å². The van der Waals surface area contributed by atoms with Crippen molar-refractivity contribution in [2.45, 2.75) is 44.8 Å². The summed E-state index contributed by atoms with van der Waals surface area (Å²) in [5, 5.41) is 9.64. The van der Waals surface area contributed by atoms with Gasteiger partial charge in [-0.2, -0.15) is 0 Å². The molecule has 19 heavy (non-hydrogen) atoms. The molecule has 3 atom stereocenters. The number of carbonyl (C=O) groups excluding carboxylic acids is 1. The number of rotatable bonds is 4. The topological polar surface area (TPSA) is 49.8 Å². The highest BCUT2D eigenvalue weighted by Crippen LogP contribution is 2.53. The van der Waals surface area contributed by atoms with Gasteiger partial charge in [0.2, 0.25) is 0 Å². The number of piperidine rings is 3. The van der Waals surface area contributed by atoms with Crippen molar-refractivity contribution in [1.29, 1.82) is 0 Å². The summed E-state index contributed by atoms with van der Waals surface area (Å²) in [6.07, 6.45) is 0.00798. The minimum atomic E-state index is -3.04. The standard InChI is InChI=1S/C13H21F2NO3/c1-9(2)19-8-12(7-17)10(18)11(3)4-5-16(12)6-13(11,14)15/h9,17H,4-8H2,1-3H3/t11-,12+/m1/s1. The molecule has 0 amide bonds. The number of aliphatic hydroxyl groups excluding tert-OH is 1. The number of hydrogen-bond acceptors (Lipinski definition) is 4. The molecule has 3 rings (SSSR count). The lowest BCUT2D eigenvalue weighted by Crippen LogP contribution is -2.78. The fourth-order valence-electron chi connectivity index (χ4n) is 3.02. The molecule has 3 aliphatic rings. The van der Waals surface area contributed by atoms with Crippen molar-refractivity contribution < 1.29 is 23.4 Å². The number of fused-ring (bicyclic) bond motifs is 3. The summed E-state index contributed by atoms with van der Waals surface area (Å²) in [5.74, 6) is -3.63. The first kappa shape index (κ1) is 14.8. The van der Waals surface area contributed by atoms with Gasteiger partial charge in [0.1, 0.15) is 5.54 Å². The van der Waals surface area contributed by atoms with E-state index in [2.05, 4.69) is 0 Å². The molecule has 4 nitrogen and oxygen atoms in total. The summed E-state index contributed by atoms with van der Waals surface area (Å²) in [5.41, 5.74) is -3.00. The number of aliphatic hydroxyl groups is 1. The average molecular weight is 277 g/mol. The molecule has 0 spiro atoms. The lowest BCUT2D eigenvalue weighted by atomic mass is 9.62. The van der Waals surface area contributed by atoms with E-state index in [-0.39, 0.29) is 19.1 Å². The minimum Gasteiger partial charge on any atom is -0.394 e. The maximum atomic E-state index is 14.0. The van der Waals surface area contributed by atoms with Crippen LogP contribution in [0.25, 0.3) is 0 Å². The summed E-state index contributed by atoms with van der Waals surface area (Å²) in [4.78, 5) is 13.9. The molecule has 0 aliphatic carbocycles. The van der Waals surface area contributed by atoms with E-state index in [9.17, 15) is 18.7 Å². The molecule has 0 saturated carbocycles. The Balaban J connectivity index is 2.34. The van der Waals surface area contributed by atoms with Crippen LogP contribution >= 0.6 is 0 Å². The summed E-state index contributed by atoms with van der Waals surface area (Å²) < 4.78 is 33.5. The van der Waals surface area contributed by atoms with Gasteiger partial charge in [-0.15, -0.1) is 0 Å². The second-order valence-corrected chi connectivity index (χ2v) is 6.09. The van der Waals surface area contributed by atoms with Crippen molar-refractivity contribution in [3.8, 4) is 0 Å². The number of ketones is 1. The second-order valence-electron chi connectivity index (χ2n) is 6.09. The van der Waals surface area contributed by atoms with Crippen LogP contribution in [-0.4, -0.2) is 59.7 Å². The van der Waals surface area contributed by atoms with Gasteiger partial charge in [0, 0.05) is 6.54 Å². The molecule has 0 aromatic heterocycles. The molecular weight excluding hydrogens is 256 g/mol. The molecule has 3 fully saturated rings. The molecule has 0 radical (unpaired) electrons. The third-order valence-corrected chi connectivity index (χ3v) is 4.52. The van der Waals surface area contributed by atoms with Crippen LogP contribution in [0.15, 0.2) is 0 Å². The number of nitrogens with zero attached hydrogens (tertiary/aromatic N) is 1. The van der Waals surface area contributed by atoms with Crippen molar-refractivity contribution in [3.63, 3.8) is 0 Å². The Hall–Kier alpha value is -0.590. The zero-order chi connectivity index (χ0) is 14.5. The first-order chi connectivity index (χ1) is 8.69. The first-order valence-corrected chi connectivity index (χ1v) is 6.60. The summed E-state index contributed by atoms with van der Waals surface area (Å²) >= 11 is 0. The van der Waals surface area contributed by atoms with E-state index in [0.29, 0.717) is 6.54 Å². The maximum Gasteiger partial charge on any atom is 0.272 e. The molecule has 0 aromatic carbocycles. The molecule has 3 aliphatic heterocycles. The number of hydrogen-bond donors (Lipinski definition) is 1. The summed E-state index contributed by atoms with van der Waals surface area (Å²) in [6.45, 7) is 4.31. The quantitative estimate of drug-likeness (QED) is 0.835. The molecule has 3 heterocycles. The van der Waals surface area contributed by atoms with E-state index in [4.69, 9.17) is 4.74 Å². The average Bonchev–Trinajstić information content (AvgIpc) is 2.32. The van der Waals surface area contributed by atoms with Crippen LogP contribution in [-0.2, 0) is 9.53 Å². The van der Waals surface area contributed by atoms with Gasteiger partial charge < -0.3 is 9.84 Å². The molecule has 0 aromatic rings. The van der Waals surface area contributed by atoms with Gasteiger partial charge in [0.05, 0.1) is 31.3 Å². The van der Waals surface area contributed by atoms with Gasteiger partial charge in [-0.1, -0.05) is 0 Å². The Labute approximate surface area is 111 Å². The van der Waals surface area contributed by atoms with Crippen LogP contribution in [0, 0.1) is 5.41 Å². The Kier molecular flexibility index (Phi) is 3.48. The Morgan fingerprint density at radius 1 is 1.47 bits per heavy atom. The van der Waals surface area contributed by atoms with Gasteiger partial charge in [-0.05, 0) is 27.2 Å². The van der Waals surface area contributed by atoms with Gasteiger partial charge in [0.25, 0.3) is 5.92 Å². The highest BCUT2D eigenvalue weighted by atomic mass is 19.3. The van der Waals surface area contributed by atoms with E-state index in [1.165, 1.54) is 11.8 Å². The molecule has 1 unspecified atom stereocenters. The normalized spacial score (nSPS) is 41.0. The smallest absolute Gasteiger partial charge is 0.272 e. The largest absolute Gasteiger partial charge is 0.394 e. The van der Waals surface area contributed by atoms with Gasteiger partial charge in [-0.3, -0.25) is 9.69 Å². The maximum absolute atomic E-state index is 14.0. The minimum absolute atomic E-state index is 0.0360. The summed E-state index contributed by atoms with van der Waals surface area (Å²) in [6, 6.07) is 0. The zero-order valence-electron chi connectivity index (χ0n) is 11.6. The fourth-order valence-corrected chi connectivity index (χ4v) is 3.02. The lowest BCUT2D eigenvalue weighted by Gasteiger charge is -2.59. The van der Waals surface area contributed by atoms with Crippen LogP contribution in [0.1, 0.15) is 27.2 Å². The predicted molar refractivity (Wildman–Crippen MR) is 65.2 cm³/mol. The van der Waals surface area contributed by atoms with Crippen LogP contribution < -0.4 is 0 Å². The van der Waals surface area contributed by atoms with Crippen LogP contribution in [0.5, 0.6) is 0 Å². The number of Topliss-reactive ketones (excluding diaryl/α,β-unsaturated/α-hetero) is 1. The van der Waals surface area contributed by atoms with Gasteiger partial charge in [0.15, 0.2) is 5.78 Å². The van der Waals surface area contributed by atoms with Crippen LogP contribution in [0.2, 0.25) is 0 Å². The predicted octanol–water partition coefficient (Wildman–Crippen LogP) is 1.07. The third kappa shape index (κ3) is 1.92. The monoisotopic (exact) mass is 277 g/mol. The van der Waals surface area contributed by atoms with Gasteiger partial charge >= 0.3 is 0 Å². The number of alkyl halides is 2. The Bertz CT molecular complexity index is 388. The van der Waals surface area contributed by atoms with E-state index < -0.39 is 35.8 Å². The van der Waals surface area contributed by atoms with Crippen molar-refractivity contribution >= 4 is 5.78 Å².